The number of hydroxylamine groups is 3. The number of alkyl halides is 1. The maximum Gasteiger partial charge on any atom is 0.305 e. The molecule has 0 aromatic carbocycles. The SMILES string of the molecule is C=C(C)[N+]([O-])(CCCCCC(=O)OCC(CCCC)CCCCCI)CN=O. The zero-order valence-electron chi connectivity index (χ0n) is 17.8. The number of quaternary nitrogens is 1. The molecule has 0 heterocycles. The molecule has 2 atom stereocenters. The molecule has 0 amide bonds. The lowest BCUT2D eigenvalue weighted by Gasteiger charge is -2.39. The Hall–Kier alpha value is -0.540. The molecule has 0 rings (SSSR count). The Bertz CT molecular complexity index is 448. The third-order valence-corrected chi connectivity index (χ3v) is 5.84. The molecule has 2 unspecified atom stereocenters. The van der Waals surface area contributed by atoms with Gasteiger partial charge in [-0.05, 0) is 60.6 Å². The van der Waals surface area contributed by atoms with Crippen molar-refractivity contribution in [3.8, 4) is 0 Å². The summed E-state index contributed by atoms with van der Waals surface area (Å²) in [5.41, 5.74) is 0.385. The van der Waals surface area contributed by atoms with Gasteiger partial charge in [0.1, 0.15) is 0 Å². The summed E-state index contributed by atoms with van der Waals surface area (Å²) in [6.45, 7) is 7.92. The average Bonchev–Trinajstić information content (AvgIpc) is 2.66. The first kappa shape index (κ1) is 27.5. The Kier molecular flexibility index (Phi) is 17.0. The van der Waals surface area contributed by atoms with E-state index in [1.54, 1.807) is 6.92 Å². The predicted molar refractivity (Wildman–Crippen MR) is 124 cm³/mol. The second-order valence-electron chi connectivity index (χ2n) is 7.66. The molecule has 0 bridgehead atoms. The normalized spacial score (nSPS) is 14.3. The number of rotatable bonds is 19. The van der Waals surface area contributed by atoms with E-state index in [-0.39, 0.29) is 19.2 Å². The highest BCUT2D eigenvalue weighted by molar-refractivity contribution is 14.1. The van der Waals surface area contributed by atoms with E-state index in [4.69, 9.17) is 4.74 Å². The second kappa shape index (κ2) is 17.3. The second-order valence-corrected chi connectivity index (χ2v) is 8.74. The van der Waals surface area contributed by atoms with Crippen molar-refractivity contribution >= 4 is 28.6 Å². The Morgan fingerprint density at radius 2 is 1.82 bits per heavy atom. The molecule has 6 nitrogen and oxygen atoms in total. The van der Waals surface area contributed by atoms with Gasteiger partial charge >= 0.3 is 5.97 Å². The fourth-order valence-corrected chi connectivity index (χ4v) is 3.62. The summed E-state index contributed by atoms with van der Waals surface area (Å²) in [7, 11) is 0. The van der Waals surface area contributed by atoms with Crippen LogP contribution in [0.2, 0.25) is 0 Å². The summed E-state index contributed by atoms with van der Waals surface area (Å²) in [6.07, 6.45) is 10.8. The topological polar surface area (TPSA) is 78.8 Å². The van der Waals surface area contributed by atoms with E-state index in [2.05, 4.69) is 41.3 Å². The number of ether oxygens (including phenoxy) is 1. The van der Waals surface area contributed by atoms with Crippen molar-refractivity contribution in [1.29, 1.82) is 0 Å². The minimum atomic E-state index is -0.773. The molecule has 7 heteroatoms. The molecular formula is C21H39IN2O4. The highest BCUT2D eigenvalue weighted by atomic mass is 127. The van der Waals surface area contributed by atoms with Crippen molar-refractivity contribution in [2.24, 2.45) is 11.1 Å². The smallest absolute Gasteiger partial charge is 0.305 e. The first-order valence-electron chi connectivity index (χ1n) is 10.6. The van der Waals surface area contributed by atoms with Gasteiger partial charge in [0.25, 0.3) is 0 Å². The van der Waals surface area contributed by atoms with Crippen LogP contribution in [0.5, 0.6) is 0 Å². The van der Waals surface area contributed by atoms with Crippen LogP contribution in [0.3, 0.4) is 0 Å². The van der Waals surface area contributed by atoms with Gasteiger partial charge in [-0.15, -0.1) is 4.91 Å². The molecule has 0 N–H and O–H groups in total. The lowest BCUT2D eigenvalue weighted by molar-refractivity contribution is -0.842. The van der Waals surface area contributed by atoms with Crippen LogP contribution in [0.25, 0.3) is 0 Å². The van der Waals surface area contributed by atoms with Gasteiger partial charge in [0.2, 0.25) is 6.67 Å². The van der Waals surface area contributed by atoms with Gasteiger partial charge in [-0.1, -0.05) is 55.2 Å². The molecule has 0 fully saturated rings. The highest BCUT2D eigenvalue weighted by Crippen LogP contribution is 2.19. The first-order valence-corrected chi connectivity index (χ1v) is 12.2. The maximum atomic E-state index is 12.3. The molecular weight excluding hydrogens is 471 g/mol. The van der Waals surface area contributed by atoms with E-state index in [1.807, 2.05) is 0 Å². The van der Waals surface area contributed by atoms with Gasteiger partial charge in [0.05, 0.1) is 18.8 Å². The predicted octanol–water partition coefficient (Wildman–Crippen LogP) is 6.46. The van der Waals surface area contributed by atoms with Crippen LogP contribution in [-0.2, 0) is 9.53 Å². The molecule has 0 aliphatic rings. The zero-order chi connectivity index (χ0) is 21.3. The van der Waals surface area contributed by atoms with Crippen LogP contribution in [-0.4, -0.2) is 34.9 Å². The van der Waals surface area contributed by atoms with Crippen LogP contribution >= 0.6 is 22.6 Å². The molecule has 0 saturated heterocycles. The number of carbonyl (C=O) groups is 1. The quantitative estimate of drug-likeness (QED) is 0.0380. The summed E-state index contributed by atoms with van der Waals surface area (Å²) < 4.78 is 5.94. The van der Waals surface area contributed by atoms with Gasteiger partial charge in [-0.3, -0.25) is 4.79 Å². The van der Waals surface area contributed by atoms with Crippen LogP contribution < -0.4 is 0 Å². The third kappa shape index (κ3) is 13.6. The Balaban J connectivity index is 4.03. The summed E-state index contributed by atoms with van der Waals surface area (Å²) in [5.74, 6) is 0.328. The fourth-order valence-electron chi connectivity index (χ4n) is 3.08. The minimum Gasteiger partial charge on any atom is -0.626 e. The molecule has 28 heavy (non-hydrogen) atoms. The molecule has 0 radical (unpaired) electrons. The van der Waals surface area contributed by atoms with E-state index < -0.39 is 4.65 Å². The molecule has 0 aromatic rings. The van der Waals surface area contributed by atoms with Gasteiger partial charge in [-0.2, -0.15) is 0 Å². The number of nitroso groups, excluding NO2 is 1. The van der Waals surface area contributed by atoms with Crippen LogP contribution in [0.1, 0.15) is 84.5 Å². The van der Waals surface area contributed by atoms with Crippen LogP contribution in [0.4, 0.5) is 0 Å². The van der Waals surface area contributed by atoms with Crippen molar-refractivity contribution < 1.29 is 14.2 Å². The van der Waals surface area contributed by atoms with Crippen LogP contribution in [0, 0.1) is 16.0 Å². The van der Waals surface area contributed by atoms with E-state index in [0.717, 1.165) is 19.3 Å². The van der Waals surface area contributed by atoms with Crippen molar-refractivity contribution in [3.05, 3.63) is 22.4 Å². The Morgan fingerprint density at radius 1 is 1.14 bits per heavy atom. The van der Waals surface area contributed by atoms with Crippen molar-refractivity contribution in [1.82, 2.24) is 0 Å². The molecule has 0 aliphatic heterocycles. The average molecular weight is 510 g/mol. The van der Waals surface area contributed by atoms with E-state index in [1.165, 1.54) is 36.5 Å². The zero-order valence-corrected chi connectivity index (χ0v) is 20.0. The number of halogens is 1. The van der Waals surface area contributed by atoms with Crippen molar-refractivity contribution in [2.45, 2.75) is 84.5 Å². The summed E-state index contributed by atoms with van der Waals surface area (Å²) in [5, 5.41) is 15.1. The van der Waals surface area contributed by atoms with E-state index in [0.29, 0.717) is 37.5 Å². The van der Waals surface area contributed by atoms with Crippen molar-refractivity contribution in [2.75, 3.05) is 24.2 Å². The number of hydrogen-bond donors (Lipinski definition) is 0. The molecule has 0 saturated carbocycles. The Labute approximate surface area is 184 Å². The van der Waals surface area contributed by atoms with E-state index in [9.17, 15) is 14.9 Å². The first-order chi connectivity index (χ1) is 13.4. The number of carbonyl (C=O) groups excluding carboxylic acids is 1. The van der Waals surface area contributed by atoms with Gasteiger partial charge in [0, 0.05) is 13.3 Å². The van der Waals surface area contributed by atoms with Gasteiger partial charge < -0.3 is 14.6 Å². The largest absolute Gasteiger partial charge is 0.626 e. The number of esters is 1. The van der Waals surface area contributed by atoms with E-state index >= 15 is 0 Å². The minimum absolute atomic E-state index is 0.147. The molecule has 164 valence electrons. The third-order valence-electron chi connectivity index (χ3n) is 5.07. The Morgan fingerprint density at radius 3 is 2.43 bits per heavy atom. The highest BCUT2D eigenvalue weighted by Gasteiger charge is 2.18. The number of unbranched alkanes of at least 4 members (excludes halogenated alkanes) is 5. The summed E-state index contributed by atoms with van der Waals surface area (Å²) in [4.78, 5) is 22.4. The maximum absolute atomic E-state index is 12.3. The lowest BCUT2D eigenvalue weighted by atomic mass is 9.96. The number of hydrogen-bond acceptors (Lipinski definition) is 5. The lowest BCUT2D eigenvalue weighted by Crippen LogP contribution is -2.40. The molecule has 0 spiro atoms. The molecule has 0 aliphatic carbocycles. The fraction of sp³-hybridized carbons (Fsp3) is 0.857. The van der Waals surface area contributed by atoms with Crippen LogP contribution in [0.15, 0.2) is 17.5 Å². The summed E-state index contributed by atoms with van der Waals surface area (Å²) >= 11 is 2.41. The van der Waals surface area contributed by atoms with Crippen molar-refractivity contribution in [3.63, 3.8) is 0 Å². The van der Waals surface area contributed by atoms with Gasteiger partial charge in [0.15, 0.2) is 0 Å². The number of nitrogens with zero attached hydrogens (tertiary/aromatic N) is 2. The molecule has 0 aromatic heterocycles. The summed E-state index contributed by atoms with van der Waals surface area (Å²) in [6, 6.07) is 0. The standard InChI is InChI=1S/C21H39IN2O4/c1-4-5-12-20(13-8-6-10-15-22)17-28-21(25)14-9-7-11-16-24(27,18-23-26)19(2)3/h20H,2,4-18H2,1,3H3. The number of allylic oxidation sites excluding steroid dienone is 1. The van der Waals surface area contributed by atoms with Gasteiger partial charge in [-0.25, -0.2) is 0 Å². The monoisotopic (exact) mass is 510 g/mol.